The van der Waals surface area contributed by atoms with Crippen LogP contribution < -0.4 is 10.6 Å². The van der Waals surface area contributed by atoms with Crippen LogP contribution in [0.25, 0.3) is 0 Å². The maximum Gasteiger partial charge on any atom is 0.240 e. The summed E-state index contributed by atoms with van der Waals surface area (Å²) in [5.74, 6) is -0.608. The highest BCUT2D eigenvalue weighted by molar-refractivity contribution is 6.13. The van der Waals surface area contributed by atoms with Gasteiger partial charge in [-0.05, 0) is 50.5 Å². The third kappa shape index (κ3) is 4.83. The zero-order valence-electron chi connectivity index (χ0n) is 17.1. The lowest BCUT2D eigenvalue weighted by Gasteiger charge is -2.30. The van der Waals surface area contributed by atoms with Gasteiger partial charge in [0.2, 0.25) is 17.7 Å². The zero-order valence-corrected chi connectivity index (χ0v) is 17.1. The number of anilines is 2. The molecule has 2 N–H and O–H groups in total. The van der Waals surface area contributed by atoms with E-state index >= 15 is 0 Å². The van der Waals surface area contributed by atoms with Crippen LogP contribution in [-0.2, 0) is 20.9 Å². The van der Waals surface area contributed by atoms with Crippen molar-refractivity contribution in [1.29, 1.82) is 0 Å². The molecule has 3 rings (SSSR count). The molecule has 2 aromatic carbocycles. The van der Waals surface area contributed by atoms with Crippen molar-refractivity contribution < 1.29 is 14.4 Å². The third-order valence-electron chi connectivity index (χ3n) is 5.11. The van der Waals surface area contributed by atoms with Crippen LogP contribution in [0, 0.1) is 5.41 Å². The van der Waals surface area contributed by atoms with Gasteiger partial charge in [0, 0.05) is 30.9 Å². The minimum absolute atomic E-state index is 0.0175. The molecule has 0 heterocycles. The Bertz CT molecular complexity index is 905. The zero-order chi connectivity index (χ0) is 21.0. The molecular weight excluding hydrogens is 366 g/mol. The van der Waals surface area contributed by atoms with Crippen molar-refractivity contribution in [3.8, 4) is 0 Å². The van der Waals surface area contributed by atoms with Crippen molar-refractivity contribution in [2.45, 2.75) is 46.2 Å². The molecule has 1 aliphatic rings. The fourth-order valence-electron chi connectivity index (χ4n) is 3.34. The van der Waals surface area contributed by atoms with Crippen molar-refractivity contribution in [1.82, 2.24) is 4.90 Å². The predicted octanol–water partition coefficient (Wildman–Crippen LogP) is 3.80. The topological polar surface area (TPSA) is 78.5 Å². The number of benzene rings is 2. The molecule has 2 aromatic rings. The standard InChI is InChI=1S/C23H27N3O3/c1-16(2)26(15-18-8-5-4-6-9-18)22(29)23(12-13-23)21(28)25-20-11-7-10-19(14-20)24-17(3)27/h4-11,14,16H,12-13,15H2,1-3H3,(H,24,27)(H,25,28). The number of rotatable bonds is 7. The largest absolute Gasteiger partial charge is 0.335 e. The summed E-state index contributed by atoms with van der Waals surface area (Å²) in [5, 5.41) is 5.55. The van der Waals surface area contributed by atoms with Crippen molar-refractivity contribution in [2.24, 2.45) is 5.41 Å². The molecule has 152 valence electrons. The first kappa shape index (κ1) is 20.6. The van der Waals surface area contributed by atoms with E-state index in [0.29, 0.717) is 30.8 Å². The average Bonchev–Trinajstić information content (AvgIpc) is 3.48. The second-order valence-electron chi connectivity index (χ2n) is 7.81. The van der Waals surface area contributed by atoms with Gasteiger partial charge >= 0.3 is 0 Å². The van der Waals surface area contributed by atoms with Gasteiger partial charge in [0.25, 0.3) is 0 Å². The Kier molecular flexibility index (Phi) is 6.01. The highest BCUT2D eigenvalue weighted by atomic mass is 16.2. The highest BCUT2D eigenvalue weighted by Crippen LogP contribution is 2.48. The summed E-state index contributed by atoms with van der Waals surface area (Å²) in [6, 6.07) is 16.7. The Balaban J connectivity index is 1.74. The lowest BCUT2D eigenvalue weighted by molar-refractivity contribution is -0.144. The van der Waals surface area contributed by atoms with Crippen molar-refractivity contribution >= 4 is 29.1 Å². The van der Waals surface area contributed by atoms with Gasteiger partial charge in [-0.1, -0.05) is 36.4 Å². The predicted molar refractivity (Wildman–Crippen MR) is 113 cm³/mol. The molecule has 0 atom stereocenters. The first-order valence-electron chi connectivity index (χ1n) is 9.86. The smallest absolute Gasteiger partial charge is 0.240 e. The molecule has 0 unspecified atom stereocenters. The Morgan fingerprint density at radius 3 is 2.14 bits per heavy atom. The van der Waals surface area contributed by atoms with Crippen LogP contribution in [0.4, 0.5) is 11.4 Å². The number of hydrogen-bond acceptors (Lipinski definition) is 3. The molecule has 0 aromatic heterocycles. The minimum atomic E-state index is -1.01. The van der Waals surface area contributed by atoms with Gasteiger partial charge < -0.3 is 15.5 Å². The molecule has 1 fully saturated rings. The molecule has 29 heavy (non-hydrogen) atoms. The summed E-state index contributed by atoms with van der Waals surface area (Å²) in [6.07, 6.45) is 1.09. The maximum absolute atomic E-state index is 13.3. The monoisotopic (exact) mass is 393 g/mol. The van der Waals surface area contributed by atoms with Gasteiger partial charge in [0.1, 0.15) is 5.41 Å². The Morgan fingerprint density at radius 1 is 0.966 bits per heavy atom. The summed E-state index contributed by atoms with van der Waals surface area (Å²) in [7, 11) is 0. The van der Waals surface area contributed by atoms with Crippen LogP contribution in [0.15, 0.2) is 54.6 Å². The fraction of sp³-hybridized carbons (Fsp3) is 0.348. The molecule has 0 spiro atoms. The summed E-state index contributed by atoms with van der Waals surface area (Å²) in [6.45, 7) is 5.83. The molecule has 0 radical (unpaired) electrons. The van der Waals surface area contributed by atoms with E-state index in [1.165, 1.54) is 6.92 Å². The fourth-order valence-corrected chi connectivity index (χ4v) is 3.34. The normalized spacial score (nSPS) is 14.2. The van der Waals surface area contributed by atoms with E-state index in [0.717, 1.165) is 5.56 Å². The molecular formula is C23H27N3O3. The van der Waals surface area contributed by atoms with Gasteiger partial charge in [0.15, 0.2) is 0 Å². The molecule has 1 aliphatic carbocycles. The highest BCUT2D eigenvalue weighted by Gasteiger charge is 2.58. The number of carbonyl (C=O) groups is 3. The number of hydrogen-bond donors (Lipinski definition) is 2. The summed E-state index contributed by atoms with van der Waals surface area (Å²) in [4.78, 5) is 39.3. The second kappa shape index (κ2) is 8.47. The Morgan fingerprint density at radius 2 is 1.59 bits per heavy atom. The number of amides is 3. The maximum atomic E-state index is 13.3. The van der Waals surface area contributed by atoms with E-state index in [1.54, 1.807) is 29.2 Å². The summed E-state index contributed by atoms with van der Waals surface area (Å²) >= 11 is 0. The van der Waals surface area contributed by atoms with Crippen LogP contribution in [-0.4, -0.2) is 28.7 Å². The molecule has 0 aliphatic heterocycles. The van der Waals surface area contributed by atoms with Crippen molar-refractivity contribution in [3.05, 3.63) is 60.2 Å². The van der Waals surface area contributed by atoms with Crippen LogP contribution in [0.2, 0.25) is 0 Å². The second-order valence-corrected chi connectivity index (χ2v) is 7.81. The van der Waals surface area contributed by atoms with E-state index < -0.39 is 5.41 Å². The number of carbonyl (C=O) groups excluding carboxylic acids is 3. The summed E-state index contributed by atoms with van der Waals surface area (Å²) < 4.78 is 0. The first-order valence-corrected chi connectivity index (χ1v) is 9.86. The van der Waals surface area contributed by atoms with Crippen LogP contribution in [0.3, 0.4) is 0 Å². The van der Waals surface area contributed by atoms with Gasteiger partial charge in [-0.3, -0.25) is 14.4 Å². The SMILES string of the molecule is CC(=O)Nc1cccc(NC(=O)C2(C(=O)N(Cc3ccccc3)C(C)C)CC2)c1. The Labute approximate surface area is 171 Å². The minimum Gasteiger partial charge on any atom is -0.335 e. The van der Waals surface area contributed by atoms with Crippen molar-refractivity contribution in [2.75, 3.05) is 10.6 Å². The lowest BCUT2D eigenvalue weighted by atomic mass is 10.0. The van der Waals surface area contributed by atoms with Crippen LogP contribution in [0.5, 0.6) is 0 Å². The summed E-state index contributed by atoms with van der Waals surface area (Å²) in [5.41, 5.74) is 1.18. The molecule has 0 saturated heterocycles. The van der Waals surface area contributed by atoms with Gasteiger partial charge in [-0.15, -0.1) is 0 Å². The molecule has 6 heteroatoms. The third-order valence-corrected chi connectivity index (χ3v) is 5.11. The van der Waals surface area contributed by atoms with Gasteiger partial charge in [-0.2, -0.15) is 0 Å². The van der Waals surface area contributed by atoms with Crippen LogP contribution >= 0.6 is 0 Å². The molecule has 6 nitrogen and oxygen atoms in total. The van der Waals surface area contributed by atoms with E-state index in [2.05, 4.69) is 10.6 Å². The van der Waals surface area contributed by atoms with E-state index in [9.17, 15) is 14.4 Å². The quantitative estimate of drug-likeness (QED) is 0.702. The van der Waals surface area contributed by atoms with E-state index in [-0.39, 0.29) is 23.8 Å². The van der Waals surface area contributed by atoms with Gasteiger partial charge in [0.05, 0.1) is 0 Å². The molecule has 3 amide bonds. The molecule has 0 bridgehead atoms. The van der Waals surface area contributed by atoms with E-state index in [1.807, 2.05) is 44.2 Å². The molecule has 1 saturated carbocycles. The number of nitrogens with one attached hydrogen (secondary N) is 2. The van der Waals surface area contributed by atoms with E-state index in [4.69, 9.17) is 0 Å². The first-order chi connectivity index (χ1) is 13.8. The number of nitrogens with zero attached hydrogens (tertiary/aromatic N) is 1. The lowest BCUT2D eigenvalue weighted by Crippen LogP contribution is -2.45. The average molecular weight is 393 g/mol. The van der Waals surface area contributed by atoms with Crippen molar-refractivity contribution in [3.63, 3.8) is 0 Å². The van der Waals surface area contributed by atoms with Crippen LogP contribution in [0.1, 0.15) is 39.2 Å². The Hall–Kier alpha value is -3.15. The van der Waals surface area contributed by atoms with Gasteiger partial charge in [-0.25, -0.2) is 0 Å².